The molecule has 0 saturated carbocycles. The quantitative estimate of drug-likeness (QED) is 0.753. The SMILES string of the molecule is CC(C)C1NCCc2c(F)cc(F)cc21. The standard InChI is InChI=1S/C12H15F2N/c1-7(2)12-10-5-8(13)6-11(14)9(10)3-4-15-12/h5-7,12,15H,3-4H2,1-2H3. The van der Waals surface area contributed by atoms with Gasteiger partial charge in [-0.3, -0.25) is 0 Å². The summed E-state index contributed by atoms with van der Waals surface area (Å²) < 4.78 is 26.6. The first-order chi connectivity index (χ1) is 7.09. The average molecular weight is 211 g/mol. The summed E-state index contributed by atoms with van der Waals surface area (Å²) >= 11 is 0. The minimum atomic E-state index is -0.486. The van der Waals surface area contributed by atoms with Gasteiger partial charge in [-0.05, 0) is 36.1 Å². The Morgan fingerprint density at radius 2 is 2.07 bits per heavy atom. The van der Waals surface area contributed by atoms with Crippen molar-refractivity contribution in [1.29, 1.82) is 0 Å². The third-order valence-electron chi connectivity index (χ3n) is 2.94. The zero-order valence-corrected chi connectivity index (χ0v) is 8.98. The van der Waals surface area contributed by atoms with Crippen LogP contribution in [0.25, 0.3) is 0 Å². The molecule has 1 nitrogen and oxygen atoms in total. The van der Waals surface area contributed by atoms with E-state index in [0.29, 0.717) is 17.9 Å². The molecule has 0 saturated heterocycles. The van der Waals surface area contributed by atoms with E-state index >= 15 is 0 Å². The zero-order valence-electron chi connectivity index (χ0n) is 8.98. The zero-order chi connectivity index (χ0) is 11.0. The maximum Gasteiger partial charge on any atom is 0.129 e. The molecule has 1 aromatic rings. The van der Waals surface area contributed by atoms with Crippen LogP contribution in [0.5, 0.6) is 0 Å². The van der Waals surface area contributed by atoms with Gasteiger partial charge in [-0.1, -0.05) is 13.8 Å². The van der Waals surface area contributed by atoms with Crippen LogP contribution in [0.15, 0.2) is 12.1 Å². The first kappa shape index (κ1) is 10.6. The Labute approximate surface area is 88.5 Å². The lowest BCUT2D eigenvalue weighted by Gasteiger charge is -2.30. The molecule has 1 unspecified atom stereocenters. The molecule has 1 atom stereocenters. The van der Waals surface area contributed by atoms with Crippen LogP contribution in [0, 0.1) is 17.6 Å². The van der Waals surface area contributed by atoms with Gasteiger partial charge in [-0.15, -0.1) is 0 Å². The number of fused-ring (bicyclic) bond motifs is 1. The van der Waals surface area contributed by atoms with Gasteiger partial charge in [0, 0.05) is 12.1 Å². The van der Waals surface area contributed by atoms with Gasteiger partial charge in [0.25, 0.3) is 0 Å². The third-order valence-corrected chi connectivity index (χ3v) is 2.94. The lowest BCUT2D eigenvalue weighted by atomic mass is 9.87. The van der Waals surface area contributed by atoms with Crippen LogP contribution >= 0.6 is 0 Å². The second kappa shape index (κ2) is 3.89. The number of nitrogens with one attached hydrogen (secondary N) is 1. The van der Waals surface area contributed by atoms with Gasteiger partial charge in [0.15, 0.2) is 0 Å². The second-order valence-corrected chi connectivity index (χ2v) is 4.38. The van der Waals surface area contributed by atoms with E-state index in [0.717, 1.165) is 18.2 Å². The lowest BCUT2D eigenvalue weighted by molar-refractivity contribution is 0.386. The molecule has 1 aliphatic rings. The van der Waals surface area contributed by atoms with E-state index < -0.39 is 11.6 Å². The molecule has 0 amide bonds. The van der Waals surface area contributed by atoms with Crippen LogP contribution in [-0.4, -0.2) is 6.54 Å². The summed E-state index contributed by atoms with van der Waals surface area (Å²) in [5, 5.41) is 3.30. The summed E-state index contributed by atoms with van der Waals surface area (Å²) in [4.78, 5) is 0. The lowest BCUT2D eigenvalue weighted by Crippen LogP contribution is -2.33. The molecular formula is C12H15F2N. The fraction of sp³-hybridized carbons (Fsp3) is 0.500. The molecule has 0 radical (unpaired) electrons. The smallest absolute Gasteiger partial charge is 0.129 e. The molecule has 0 aromatic heterocycles. The molecule has 1 heterocycles. The van der Waals surface area contributed by atoms with Crippen molar-refractivity contribution in [3.63, 3.8) is 0 Å². The molecule has 3 heteroatoms. The Balaban J connectivity index is 2.50. The fourth-order valence-electron chi connectivity index (χ4n) is 2.22. The van der Waals surface area contributed by atoms with Crippen molar-refractivity contribution in [2.45, 2.75) is 26.3 Å². The number of hydrogen-bond donors (Lipinski definition) is 1. The van der Waals surface area contributed by atoms with Crippen molar-refractivity contribution in [3.8, 4) is 0 Å². The molecule has 1 aliphatic heterocycles. The molecular weight excluding hydrogens is 196 g/mol. The molecule has 2 rings (SSSR count). The van der Waals surface area contributed by atoms with Gasteiger partial charge in [-0.25, -0.2) is 8.78 Å². The van der Waals surface area contributed by atoms with E-state index in [9.17, 15) is 8.78 Å². The van der Waals surface area contributed by atoms with E-state index in [4.69, 9.17) is 0 Å². The summed E-state index contributed by atoms with van der Waals surface area (Å²) in [5.41, 5.74) is 1.46. The topological polar surface area (TPSA) is 12.0 Å². The highest BCUT2D eigenvalue weighted by molar-refractivity contribution is 5.34. The van der Waals surface area contributed by atoms with Crippen LogP contribution in [0.1, 0.15) is 31.0 Å². The van der Waals surface area contributed by atoms with Gasteiger partial charge in [0.1, 0.15) is 11.6 Å². The van der Waals surface area contributed by atoms with E-state index in [2.05, 4.69) is 19.2 Å². The number of hydrogen-bond acceptors (Lipinski definition) is 1. The molecule has 0 spiro atoms. The van der Waals surface area contributed by atoms with Crippen molar-refractivity contribution in [1.82, 2.24) is 5.32 Å². The van der Waals surface area contributed by atoms with Crippen LogP contribution in [0.3, 0.4) is 0 Å². The van der Waals surface area contributed by atoms with Crippen molar-refractivity contribution < 1.29 is 8.78 Å². The number of benzene rings is 1. The normalized spacial score (nSPS) is 20.5. The largest absolute Gasteiger partial charge is 0.309 e. The Morgan fingerprint density at radius 3 is 2.73 bits per heavy atom. The van der Waals surface area contributed by atoms with Crippen molar-refractivity contribution >= 4 is 0 Å². The molecule has 0 bridgehead atoms. The second-order valence-electron chi connectivity index (χ2n) is 4.38. The minimum Gasteiger partial charge on any atom is -0.309 e. The third kappa shape index (κ3) is 1.88. The highest BCUT2D eigenvalue weighted by atomic mass is 19.1. The number of rotatable bonds is 1. The van der Waals surface area contributed by atoms with E-state index in [1.807, 2.05) is 0 Å². The van der Waals surface area contributed by atoms with E-state index in [1.165, 1.54) is 6.07 Å². The first-order valence-corrected chi connectivity index (χ1v) is 5.31. The highest BCUT2D eigenvalue weighted by Crippen LogP contribution is 2.30. The maximum absolute atomic E-state index is 13.5. The van der Waals surface area contributed by atoms with Crippen molar-refractivity contribution in [2.75, 3.05) is 6.54 Å². The van der Waals surface area contributed by atoms with E-state index in [-0.39, 0.29) is 6.04 Å². The molecule has 0 aliphatic carbocycles. The summed E-state index contributed by atoms with van der Waals surface area (Å²) in [6.07, 6.45) is 0.644. The van der Waals surface area contributed by atoms with Gasteiger partial charge in [0.2, 0.25) is 0 Å². The van der Waals surface area contributed by atoms with Crippen LogP contribution in [0.4, 0.5) is 8.78 Å². The van der Waals surface area contributed by atoms with Gasteiger partial charge >= 0.3 is 0 Å². The molecule has 82 valence electrons. The maximum atomic E-state index is 13.5. The summed E-state index contributed by atoms with van der Waals surface area (Å²) in [6.45, 7) is 4.86. The number of halogens is 2. The van der Waals surface area contributed by atoms with Crippen LogP contribution < -0.4 is 5.32 Å². The Bertz CT molecular complexity index is 374. The van der Waals surface area contributed by atoms with Crippen LogP contribution in [0.2, 0.25) is 0 Å². The van der Waals surface area contributed by atoms with Crippen molar-refractivity contribution in [2.24, 2.45) is 5.92 Å². The summed E-state index contributed by atoms with van der Waals surface area (Å²) in [7, 11) is 0. The monoisotopic (exact) mass is 211 g/mol. The van der Waals surface area contributed by atoms with Gasteiger partial charge in [-0.2, -0.15) is 0 Å². The Hall–Kier alpha value is -0.960. The highest BCUT2D eigenvalue weighted by Gasteiger charge is 2.25. The predicted octanol–water partition coefficient (Wildman–Crippen LogP) is 2.81. The first-order valence-electron chi connectivity index (χ1n) is 5.31. The van der Waals surface area contributed by atoms with Crippen LogP contribution in [-0.2, 0) is 6.42 Å². The van der Waals surface area contributed by atoms with Crippen molar-refractivity contribution in [3.05, 3.63) is 34.9 Å². The average Bonchev–Trinajstić information content (AvgIpc) is 2.16. The predicted molar refractivity (Wildman–Crippen MR) is 55.6 cm³/mol. The summed E-state index contributed by atoms with van der Waals surface area (Å²) in [6, 6.07) is 2.50. The van der Waals surface area contributed by atoms with Gasteiger partial charge < -0.3 is 5.32 Å². The Morgan fingerprint density at radius 1 is 1.33 bits per heavy atom. The molecule has 15 heavy (non-hydrogen) atoms. The Kier molecular flexibility index (Phi) is 2.74. The minimum absolute atomic E-state index is 0.0685. The fourth-order valence-corrected chi connectivity index (χ4v) is 2.22. The van der Waals surface area contributed by atoms with E-state index in [1.54, 1.807) is 0 Å². The summed E-state index contributed by atoms with van der Waals surface area (Å²) in [5.74, 6) is -0.553. The van der Waals surface area contributed by atoms with Gasteiger partial charge in [0.05, 0.1) is 0 Å². The molecule has 0 fully saturated rings. The molecule has 1 aromatic carbocycles. The molecule has 1 N–H and O–H groups in total.